The Hall–Kier alpha value is -1.44. The van der Waals surface area contributed by atoms with Crippen molar-refractivity contribution in [3.8, 4) is 11.8 Å². The molecule has 108 valence electrons. The first-order valence-corrected chi connectivity index (χ1v) is 8.15. The number of nitrogens with two attached hydrogens (primary N) is 1. The normalized spacial score (nSPS) is 9.75. The highest BCUT2D eigenvalue weighted by Crippen LogP contribution is 2.10. The van der Waals surface area contributed by atoms with E-state index in [1.54, 1.807) is 0 Å². The van der Waals surface area contributed by atoms with Crippen LogP contribution in [0.25, 0.3) is 0 Å². The van der Waals surface area contributed by atoms with Crippen LogP contribution in [0.4, 0.5) is 0 Å². The summed E-state index contributed by atoms with van der Waals surface area (Å²) in [5.74, 6) is 6.92. The summed E-state index contributed by atoms with van der Waals surface area (Å²) in [6.45, 7) is 3.02. The van der Waals surface area contributed by atoms with E-state index in [1.807, 2.05) is 36.9 Å². The van der Waals surface area contributed by atoms with Crippen LogP contribution in [0.3, 0.4) is 0 Å². The highest BCUT2D eigenvalue weighted by Gasteiger charge is 2.06. The zero-order valence-electron chi connectivity index (χ0n) is 12.2. The number of hydrogen-bond acceptors (Lipinski definition) is 3. The van der Waals surface area contributed by atoms with Gasteiger partial charge in [-0.25, -0.2) is 0 Å². The zero-order valence-corrected chi connectivity index (χ0v) is 13.0. The van der Waals surface area contributed by atoms with Gasteiger partial charge in [0.15, 0.2) is 0 Å². The fourth-order valence-corrected chi connectivity index (χ4v) is 2.21. The monoisotopic (exact) mass is 290 g/mol. The van der Waals surface area contributed by atoms with E-state index in [4.69, 9.17) is 5.73 Å². The van der Waals surface area contributed by atoms with Gasteiger partial charge in [-0.15, -0.1) is 0 Å². The zero-order chi connectivity index (χ0) is 14.8. The standard InChI is InChI=1S/C16H22N2OS/c1-13-7-8-15(12-14(13)6-5-9-17)16(19)18-10-3-4-11-20-2/h7-8,12H,3-4,9-11,17H2,1-2H3,(H,18,19). The Morgan fingerprint density at radius 2 is 2.20 bits per heavy atom. The molecule has 4 heteroatoms. The number of hydrogen-bond donors (Lipinski definition) is 2. The summed E-state index contributed by atoms with van der Waals surface area (Å²) in [5.41, 5.74) is 7.95. The Morgan fingerprint density at radius 3 is 2.90 bits per heavy atom. The maximum atomic E-state index is 12.0. The second-order valence-electron chi connectivity index (χ2n) is 4.49. The second kappa shape index (κ2) is 9.46. The molecule has 0 atom stereocenters. The number of rotatable bonds is 6. The van der Waals surface area contributed by atoms with Gasteiger partial charge in [0.05, 0.1) is 6.54 Å². The Bertz CT molecular complexity index is 503. The number of carbonyl (C=O) groups is 1. The maximum Gasteiger partial charge on any atom is 0.251 e. The Kier molecular flexibility index (Phi) is 7.86. The van der Waals surface area contributed by atoms with Gasteiger partial charge in [0.2, 0.25) is 0 Å². The van der Waals surface area contributed by atoms with Crippen LogP contribution < -0.4 is 11.1 Å². The molecular formula is C16H22N2OS. The summed E-state index contributed by atoms with van der Waals surface area (Å²) in [5, 5.41) is 2.94. The molecule has 1 aromatic carbocycles. The lowest BCUT2D eigenvalue weighted by Crippen LogP contribution is -2.24. The summed E-state index contributed by atoms with van der Waals surface area (Å²) < 4.78 is 0. The Labute approximate surface area is 125 Å². The average Bonchev–Trinajstić information content (AvgIpc) is 2.46. The molecule has 0 spiro atoms. The molecule has 1 amide bonds. The molecule has 0 radical (unpaired) electrons. The summed E-state index contributed by atoms with van der Waals surface area (Å²) in [6.07, 6.45) is 4.23. The van der Waals surface area contributed by atoms with Gasteiger partial charge in [0, 0.05) is 17.7 Å². The van der Waals surface area contributed by atoms with Crippen molar-refractivity contribution in [2.75, 3.05) is 25.1 Å². The van der Waals surface area contributed by atoms with Gasteiger partial charge in [-0.1, -0.05) is 17.9 Å². The molecule has 0 bridgehead atoms. The first-order chi connectivity index (χ1) is 9.69. The average molecular weight is 290 g/mol. The van der Waals surface area contributed by atoms with E-state index in [1.165, 1.54) is 0 Å². The lowest BCUT2D eigenvalue weighted by Gasteiger charge is -2.06. The number of unbranched alkanes of at least 4 members (excludes halogenated alkanes) is 1. The lowest BCUT2D eigenvalue weighted by atomic mass is 10.0. The number of aryl methyl sites for hydroxylation is 1. The van der Waals surface area contributed by atoms with E-state index >= 15 is 0 Å². The molecule has 0 fully saturated rings. The van der Waals surface area contributed by atoms with Crippen molar-refractivity contribution in [3.63, 3.8) is 0 Å². The van der Waals surface area contributed by atoms with Crippen LogP contribution in [0.5, 0.6) is 0 Å². The molecule has 0 unspecified atom stereocenters. The van der Waals surface area contributed by atoms with Crippen LogP contribution in [0, 0.1) is 18.8 Å². The van der Waals surface area contributed by atoms with Gasteiger partial charge in [0.25, 0.3) is 5.91 Å². The molecule has 0 aliphatic carbocycles. The van der Waals surface area contributed by atoms with E-state index in [9.17, 15) is 4.79 Å². The van der Waals surface area contributed by atoms with Crippen LogP contribution in [0.15, 0.2) is 18.2 Å². The van der Waals surface area contributed by atoms with Crippen LogP contribution in [-0.4, -0.2) is 31.0 Å². The van der Waals surface area contributed by atoms with Gasteiger partial charge >= 0.3 is 0 Å². The minimum absolute atomic E-state index is 0.0371. The van der Waals surface area contributed by atoms with Crippen molar-refractivity contribution in [3.05, 3.63) is 34.9 Å². The molecule has 1 rings (SSSR count). The van der Waals surface area contributed by atoms with Crippen molar-refractivity contribution in [1.29, 1.82) is 0 Å². The fraction of sp³-hybridized carbons (Fsp3) is 0.438. The molecule has 3 N–H and O–H groups in total. The number of thioether (sulfide) groups is 1. The molecule has 0 aromatic heterocycles. The SMILES string of the molecule is CSCCCCNC(=O)c1ccc(C)c(C#CCN)c1. The maximum absolute atomic E-state index is 12.0. The van der Waals surface area contributed by atoms with Crippen molar-refractivity contribution >= 4 is 17.7 Å². The van der Waals surface area contributed by atoms with Crippen LogP contribution >= 0.6 is 11.8 Å². The number of benzene rings is 1. The summed E-state index contributed by atoms with van der Waals surface area (Å²) in [6, 6.07) is 5.58. The first-order valence-electron chi connectivity index (χ1n) is 6.75. The van der Waals surface area contributed by atoms with Gasteiger partial charge < -0.3 is 11.1 Å². The van der Waals surface area contributed by atoms with E-state index in [-0.39, 0.29) is 5.91 Å². The topological polar surface area (TPSA) is 55.1 Å². The number of nitrogens with one attached hydrogen (secondary N) is 1. The van der Waals surface area contributed by atoms with Crippen molar-refractivity contribution in [2.24, 2.45) is 5.73 Å². The van der Waals surface area contributed by atoms with E-state index < -0.39 is 0 Å². The molecule has 0 aliphatic heterocycles. The minimum Gasteiger partial charge on any atom is -0.352 e. The molecular weight excluding hydrogens is 268 g/mol. The highest BCUT2D eigenvalue weighted by atomic mass is 32.2. The van der Waals surface area contributed by atoms with E-state index in [2.05, 4.69) is 23.4 Å². The van der Waals surface area contributed by atoms with Gasteiger partial charge in [-0.05, 0) is 49.5 Å². The number of carbonyl (C=O) groups excluding carboxylic acids is 1. The molecule has 20 heavy (non-hydrogen) atoms. The third kappa shape index (κ3) is 5.68. The third-order valence-corrected chi connectivity index (χ3v) is 3.58. The quantitative estimate of drug-likeness (QED) is 0.624. The number of amides is 1. The molecule has 1 aromatic rings. The summed E-state index contributed by atoms with van der Waals surface area (Å²) in [7, 11) is 0. The lowest BCUT2D eigenvalue weighted by molar-refractivity contribution is 0.0953. The van der Waals surface area contributed by atoms with Crippen LogP contribution in [0.1, 0.15) is 34.3 Å². The minimum atomic E-state index is -0.0371. The molecule has 0 saturated heterocycles. The first kappa shape index (κ1) is 16.6. The molecule has 3 nitrogen and oxygen atoms in total. The largest absolute Gasteiger partial charge is 0.352 e. The van der Waals surface area contributed by atoms with Crippen molar-refractivity contribution in [1.82, 2.24) is 5.32 Å². The van der Waals surface area contributed by atoms with Gasteiger partial charge in [-0.3, -0.25) is 4.79 Å². The predicted octanol–water partition coefficient (Wildman–Crippen LogP) is 2.18. The predicted molar refractivity (Wildman–Crippen MR) is 87.1 cm³/mol. The molecule has 0 saturated carbocycles. The van der Waals surface area contributed by atoms with E-state index in [0.717, 1.165) is 36.3 Å². The van der Waals surface area contributed by atoms with Crippen LogP contribution in [0.2, 0.25) is 0 Å². The Balaban J connectivity index is 2.60. The highest BCUT2D eigenvalue weighted by molar-refractivity contribution is 7.98. The third-order valence-electron chi connectivity index (χ3n) is 2.89. The summed E-state index contributed by atoms with van der Waals surface area (Å²) in [4.78, 5) is 12.0. The second-order valence-corrected chi connectivity index (χ2v) is 5.48. The molecule has 0 aliphatic rings. The van der Waals surface area contributed by atoms with Gasteiger partial charge in [0.1, 0.15) is 0 Å². The molecule has 0 heterocycles. The smallest absolute Gasteiger partial charge is 0.251 e. The Morgan fingerprint density at radius 1 is 1.40 bits per heavy atom. The van der Waals surface area contributed by atoms with E-state index in [0.29, 0.717) is 12.1 Å². The van der Waals surface area contributed by atoms with Crippen molar-refractivity contribution in [2.45, 2.75) is 19.8 Å². The fourth-order valence-electron chi connectivity index (χ4n) is 1.72. The van der Waals surface area contributed by atoms with Crippen molar-refractivity contribution < 1.29 is 4.79 Å². The summed E-state index contributed by atoms with van der Waals surface area (Å²) >= 11 is 1.83. The van der Waals surface area contributed by atoms with Crippen LogP contribution in [-0.2, 0) is 0 Å². The van der Waals surface area contributed by atoms with Gasteiger partial charge in [-0.2, -0.15) is 11.8 Å².